The molecule has 2 N–H and O–H groups in total. The molecular weight excluding hydrogens is 228 g/mol. The predicted molar refractivity (Wildman–Crippen MR) is 74.9 cm³/mol. The molecule has 1 rings (SSSR count). The van der Waals surface area contributed by atoms with Crippen molar-refractivity contribution in [3.8, 4) is 0 Å². The second-order valence-electron chi connectivity index (χ2n) is 6.72. The number of nitrogens with two attached hydrogens (primary N) is 1. The molecule has 0 fully saturated rings. The standard InChI is InChI=1S/C14H22N2O2/c1-13(2,3)9-7-10(14(4,5)6)12(16(17)18)11(15)8-9/h7-8H,15H2,1-6H3. The van der Waals surface area contributed by atoms with Gasteiger partial charge in [0.25, 0.3) is 5.69 Å². The Kier molecular flexibility index (Phi) is 3.43. The molecule has 0 aliphatic rings. The number of nitrogen functional groups attached to an aromatic ring is 1. The van der Waals surface area contributed by atoms with Crippen LogP contribution in [0, 0.1) is 10.1 Å². The van der Waals surface area contributed by atoms with Crippen LogP contribution in [0.2, 0.25) is 0 Å². The molecule has 18 heavy (non-hydrogen) atoms. The van der Waals surface area contributed by atoms with Gasteiger partial charge < -0.3 is 5.73 Å². The molecule has 0 bridgehead atoms. The average Bonchev–Trinajstić information content (AvgIpc) is 2.12. The number of benzene rings is 1. The highest BCUT2D eigenvalue weighted by Gasteiger charge is 2.30. The van der Waals surface area contributed by atoms with Gasteiger partial charge in [0.2, 0.25) is 0 Å². The van der Waals surface area contributed by atoms with Crippen molar-refractivity contribution >= 4 is 11.4 Å². The lowest BCUT2D eigenvalue weighted by atomic mass is 9.79. The Morgan fingerprint density at radius 3 is 1.89 bits per heavy atom. The van der Waals surface area contributed by atoms with E-state index < -0.39 is 0 Å². The Balaban J connectivity index is 3.64. The number of nitro benzene ring substituents is 1. The van der Waals surface area contributed by atoms with Gasteiger partial charge in [0, 0.05) is 5.56 Å². The van der Waals surface area contributed by atoms with Gasteiger partial charge >= 0.3 is 0 Å². The first kappa shape index (κ1) is 14.5. The van der Waals surface area contributed by atoms with Crippen molar-refractivity contribution in [1.82, 2.24) is 0 Å². The third-order valence-corrected chi connectivity index (χ3v) is 3.00. The number of rotatable bonds is 1. The van der Waals surface area contributed by atoms with Crippen molar-refractivity contribution in [2.24, 2.45) is 0 Å². The smallest absolute Gasteiger partial charge is 0.295 e. The van der Waals surface area contributed by atoms with Gasteiger partial charge in [-0.25, -0.2) is 0 Å². The zero-order valence-electron chi connectivity index (χ0n) is 12.0. The van der Waals surface area contributed by atoms with E-state index in [-0.39, 0.29) is 27.1 Å². The first-order valence-corrected chi connectivity index (χ1v) is 6.03. The van der Waals surface area contributed by atoms with E-state index in [1.54, 1.807) is 6.07 Å². The second-order valence-corrected chi connectivity index (χ2v) is 6.72. The monoisotopic (exact) mass is 250 g/mol. The minimum Gasteiger partial charge on any atom is -0.393 e. The molecule has 0 spiro atoms. The van der Waals surface area contributed by atoms with Crippen LogP contribution in [0.25, 0.3) is 0 Å². The number of anilines is 1. The summed E-state index contributed by atoms with van der Waals surface area (Å²) in [6.45, 7) is 12.1. The van der Waals surface area contributed by atoms with E-state index in [9.17, 15) is 10.1 Å². The molecule has 0 unspecified atom stereocenters. The molecule has 0 aliphatic heterocycles. The van der Waals surface area contributed by atoms with E-state index in [1.807, 2.05) is 26.8 Å². The molecule has 4 nitrogen and oxygen atoms in total. The number of hydrogen-bond acceptors (Lipinski definition) is 3. The van der Waals surface area contributed by atoms with Crippen LogP contribution in [0.3, 0.4) is 0 Å². The molecule has 0 aliphatic carbocycles. The van der Waals surface area contributed by atoms with Crippen molar-refractivity contribution in [1.29, 1.82) is 0 Å². The van der Waals surface area contributed by atoms with Crippen LogP contribution in [0.5, 0.6) is 0 Å². The molecule has 0 heterocycles. The predicted octanol–water partition coefficient (Wildman–Crippen LogP) is 3.77. The van der Waals surface area contributed by atoms with E-state index in [1.165, 1.54) is 0 Å². The third kappa shape index (κ3) is 2.81. The van der Waals surface area contributed by atoms with Gasteiger partial charge in [-0.2, -0.15) is 0 Å². The number of nitro groups is 1. The lowest BCUT2D eigenvalue weighted by Crippen LogP contribution is -2.19. The van der Waals surface area contributed by atoms with Crippen LogP contribution in [-0.2, 0) is 10.8 Å². The maximum Gasteiger partial charge on any atom is 0.295 e. The maximum absolute atomic E-state index is 11.2. The van der Waals surface area contributed by atoms with Gasteiger partial charge in [-0.15, -0.1) is 0 Å². The Morgan fingerprint density at radius 1 is 1.06 bits per heavy atom. The number of hydrogen-bond donors (Lipinski definition) is 1. The normalized spacial score (nSPS) is 12.6. The topological polar surface area (TPSA) is 69.2 Å². The number of nitrogens with zero attached hydrogens (tertiary/aromatic N) is 1. The largest absolute Gasteiger partial charge is 0.393 e. The quantitative estimate of drug-likeness (QED) is 0.468. The summed E-state index contributed by atoms with van der Waals surface area (Å²) >= 11 is 0. The van der Waals surface area contributed by atoms with Crippen LogP contribution in [-0.4, -0.2) is 4.92 Å². The maximum atomic E-state index is 11.2. The average molecular weight is 250 g/mol. The fraction of sp³-hybridized carbons (Fsp3) is 0.571. The van der Waals surface area contributed by atoms with Crippen molar-refractivity contribution in [2.75, 3.05) is 5.73 Å². The zero-order valence-corrected chi connectivity index (χ0v) is 12.0. The molecule has 1 aromatic carbocycles. The van der Waals surface area contributed by atoms with E-state index >= 15 is 0 Å². The van der Waals surface area contributed by atoms with E-state index in [0.29, 0.717) is 5.56 Å². The van der Waals surface area contributed by atoms with Gasteiger partial charge in [-0.1, -0.05) is 41.5 Å². The Bertz CT molecular complexity index is 480. The van der Waals surface area contributed by atoms with Crippen molar-refractivity contribution in [3.63, 3.8) is 0 Å². The Hall–Kier alpha value is -1.58. The van der Waals surface area contributed by atoms with Crippen LogP contribution in [0.15, 0.2) is 12.1 Å². The summed E-state index contributed by atoms with van der Waals surface area (Å²) in [7, 11) is 0. The Labute approximate surface area is 108 Å². The first-order chi connectivity index (χ1) is 7.94. The van der Waals surface area contributed by atoms with Gasteiger partial charge in [-0.3, -0.25) is 10.1 Å². The second kappa shape index (κ2) is 4.26. The fourth-order valence-corrected chi connectivity index (χ4v) is 1.87. The van der Waals surface area contributed by atoms with E-state index in [2.05, 4.69) is 20.8 Å². The minimum absolute atomic E-state index is 0.0375. The summed E-state index contributed by atoms with van der Waals surface area (Å²) in [5, 5.41) is 11.2. The lowest BCUT2D eigenvalue weighted by Gasteiger charge is -2.25. The summed E-state index contributed by atoms with van der Waals surface area (Å²) < 4.78 is 0. The molecule has 0 atom stereocenters. The van der Waals surface area contributed by atoms with Crippen LogP contribution >= 0.6 is 0 Å². The van der Waals surface area contributed by atoms with Crippen LogP contribution < -0.4 is 5.73 Å². The summed E-state index contributed by atoms with van der Waals surface area (Å²) in [4.78, 5) is 10.8. The van der Waals surface area contributed by atoms with Crippen molar-refractivity contribution in [2.45, 2.75) is 52.4 Å². The molecular formula is C14H22N2O2. The summed E-state index contributed by atoms with van der Waals surface area (Å²) in [5.74, 6) is 0. The zero-order chi connectivity index (χ0) is 14.3. The van der Waals surface area contributed by atoms with E-state index in [4.69, 9.17) is 5.73 Å². The molecule has 0 saturated carbocycles. The highest BCUT2D eigenvalue weighted by Crippen LogP contribution is 2.39. The molecule has 0 aromatic heterocycles. The van der Waals surface area contributed by atoms with Crippen molar-refractivity contribution in [3.05, 3.63) is 33.4 Å². The SMILES string of the molecule is CC(C)(C)c1cc(N)c([N+](=O)[O-])c(C(C)(C)C)c1. The fourth-order valence-electron chi connectivity index (χ4n) is 1.87. The van der Waals surface area contributed by atoms with Crippen LogP contribution in [0.4, 0.5) is 11.4 Å². The highest BCUT2D eigenvalue weighted by atomic mass is 16.6. The summed E-state index contributed by atoms with van der Waals surface area (Å²) in [6, 6.07) is 3.63. The van der Waals surface area contributed by atoms with Gasteiger partial charge in [-0.05, 0) is 28.5 Å². The highest BCUT2D eigenvalue weighted by molar-refractivity contribution is 5.66. The molecule has 1 aromatic rings. The molecule has 4 heteroatoms. The van der Waals surface area contributed by atoms with Gasteiger partial charge in [0.15, 0.2) is 0 Å². The summed E-state index contributed by atoms with van der Waals surface area (Å²) in [5.41, 5.74) is 7.49. The van der Waals surface area contributed by atoms with Gasteiger partial charge in [0.1, 0.15) is 5.69 Å². The molecule has 0 amide bonds. The molecule has 0 radical (unpaired) electrons. The molecule has 0 saturated heterocycles. The van der Waals surface area contributed by atoms with Crippen molar-refractivity contribution < 1.29 is 4.92 Å². The Morgan fingerprint density at radius 2 is 1.56 bits per heavy atom. The molecule has 100 valence electrons. The van der Waals surface area contributed by atoms with E-state index in [0.717, 1.165) is 5.56 Å². The lowest BCUT2D eigenvalue weighted by molar-refractivity contribution is -0.385. The third-order valence-electron chi connectivity index (χ3n) is 3.00. The minimum atomic E-state index is -0.387. The summed E-state index contributed by atoms with van der Waals surface area (Å²) in [6.07, 6.45) is 0. The van der Waals surface area contributed by atoms with Gasteiger partial charge in [0.05, 0.1) is 4.92 Å². The van der Waals surface area contributed by atoms with Crippen LogP contribution in [0.1, 0.15) is 52.7 Å². The first-order valence-electron chi connectivity index (χ1n) is 6.03.